The number of hydrogen-bond acceptors (Lipinski definition) is 6. The Morgan fingerprint density at radius 1 is 0.977 bits per heavy atom. The number of carbonyl (C=O) groups is 2. The molecule has 1 amide bonds. The number of amides is 1. The van der Waals surface area contributed by atoms with Crippen molar-refractivity contribution in [3.8, 4) is 0 Å². The lowest BCUT2D eigenvalue weighted by Crippen LogP contribution is -2.56. The van der Waals surface area contributed by atoms with Gasteiger partial charge in [0.25, 0.3) is 0 Å². The zero-order chi connectivity index (χ0) is 31.1. The molecule has 0 aromatic rings. The molecule has 7 fully saturated rings. The van der Waals surface area contributed by atoms with Crippen molar-refractivity contribution in [3.63, 3.8) is 0 Å². The van der Waals surface area contributed by atoms with Crippen LogP contribution in [-0.2, 0) is 23.8 Å². The molecule has 1 N–H and O–H groups in total. The van der Waals surface area contributed by atoms with Crippen LogP contribution in [0.25, 0.3) is 0 Å². The number of aliphatic hydroxyl groups is 1. The molecule has 0 bridgehead atoms. The summed E-state index contributed by atoms with van der Waals surface area (Å²) >= 11 is 0. The lowest BCUT2D eigenvalue weighted by atomic mass is 9.46. The quantitative estimate of drug-likeness (QED) is 0.241. The molecule has 7 rings (SSSR count). The molecule has 0 aromatic carbocycles. The number of fused-ring (bicyclic) bond motifs is 2. The van der Waals surface area contributed by atoms with Gasteiger partial charge in [0.05, 0.1) is 32.0 Å². The number of morpholine rings is 1. The average Bonchev–Trinajstić information content (AvgIpc) is 3.87. The predicted molar refractivity (Wildman–Crippen MR) is 167 cm³/mol. The summed E-state index contributed by atoms with van der Waals surface area (Å²) < 4.78 is 18.1. The van der Waals surface area contributed by atoms with Gasteiger partial charge in [-0.05, 0) is 134 Å². The van der Waals surface area contributed by atoms with Crippen LogP contribution in [0.1, 0.15) is 118 Å². The average molecular weight is 614 g/mol. The zero-order valence-corrected chi connectivity index (χ0v) is 28.2. The Morgan fingerprint density at radius 2 is 1.77 bits per heavy atom. The molecule has 2 spiro atoms. The molecule has 4 unspecified atom stereocenters. The fourth-order valence-corrected chi connectivity index (χ4v) is 13.0. The van der Waals surface area contributed by atoms with E-state index in [1.54, 1.807) is 0 Å². The van der Waals surface area contributed by atoms with Crippen molar-refractivity contribution in [2.24, 2.45) is 57.2 Å². The third-order valence-electron chi connectivity index (χ3n) is 15.2. The Hall–Kier alpha value is -1.18. The highest BCUT2D eigenvalue weighted by molar-refractivity contribution is 5.76. The second-order valence-corrected chi connectivity index (χ2v) is 17.2. The first-order chi connectivity index (χ1) is 20.9. The van der Waals surface area contributed by atoms with Crippen LogP contribution < -0.4 is 0 Å². The summed E-state index contributed by atoms with van der Waals surface area (Å²) in [6, 6.07) is 0. The molecule has 0 radical (unpaired) electrons. The van der Waals surface area contributed by atoms with Crippen molar-refractivity contribution in [2.75, 3.05) is 26.3 Å². The lowest BCUT2D eigenvalue weighted by molar-refractivity contribution is -0.244. The van der Waals surface area contributed by atoms with E-state index in [0.29, 0.717) is 73.1 Å². The Balaban J connectivity index is 1.02. The predicted octanol–water partition coefficient (Wildman–Crippen LogP) is 6.36. The molecule has 44 heavy (non-hydrogen) atoms. The van der Waals surface area contributed by atoms with Gasteiger partial charge in [-0.25, -0.2) is 0 Å². The summed E-state index contributed by atoms with van der Waals surface area (Å²) in [6.45, 7) is 13.8. The van der Waals surface area contributed by atoms with Gasteiger partial charge in [0.2, 0.25) is 5.91 Å². The lowest BCUT2D eigenvalue weighted by Gasteiger charge is -2.59. The van der Waals surface area contributed by atoms with Crippen LogP contribution in [0.4, 0.5) is 0 Å². The van der Waals surface area contributed by atoms with Gasteiger partial charge >= 0.3 is 5.97 Å². The molecule has 7 heteroatoms. The number of hydrogen-bond donors (Lipinski definition) is 1. The highest BCUT2D eigenvalue weighted by Crippen LogP contribution is 2.89. The summed E-state index contributed by atoms with van der Waals surface area (Å²) in [5.41, 5.74) is 1.09. The van der Waals surface area contributed by atoms with Gasteiger partial charge in [0, 0.05) is 19.9 Å². The maximum atomic E-state index is 12.8. The largest absolute Gasteiger partial charge is 0.466 e. The normalized spacial score (nSPS) is 47.2. The summed E-state index contributed by atoms with van der Waals surface area (Å²) in [4.78, 5) is 26.0. The molecule has 1 heterocycles. The molecular formula is C37H59NO6. The first-order valence-electron chi connectivity index (χ1n) is 18.3. The number of ether oxygens (including phenoxy) is 3. The molecule has 7 nitrogen and oxygen atoms in total. The van der Waals surface area contributed by atoms with Crippen molar-refractivity contribution in [1.82, 2.24) is 4.90 Å². The van der Waals surface area contributed by atoms with Gasteiger partial charge < -0.3 is 24.2 Å². The van der Waals surface area contributed by atoms with Gasteiger partial charge in [-0.15, -0.1) is 0 Å². The Morgan fingerprint density at radius 3 is 2.52 bits per heavy atom. The van der Waals surface area contributed by atoms with E-state index in [9.17, 15) is 14.7 Å². The first-order valence-corrected chi connectivity index (χ1v) is 18.3. The number of rotatable bonds is 9. The van der Waals surface area contributed by atoms with Crippen molar-refractivity contribution in [3.05, 3.63) is 0 Å². The third-order valence-corrected chi connectivity index (χ3v) is 15.2. The fraction of sp³-hybridized carbons (Fsp3) is 0.946. The van der Waals surface area contributed by atoms with E-state index >= 15 is 0 Å². The number of unbranched alkanes of at least 4 members (excludes halogenated alkanes) is 1. The molecule has 248 valence electrons. The Bertz CT molecular complexity index is 1120. The van der Waals surface area contributed by atoms with Gasteiger partial charge in [-0.1, -0.05) is 27.7 Å². The van der Waals surface area contributed by atoms with E-state index in [2.05, 4.69) is 27.7 Å². The number of aliphatic hydroxyl groups excluding tert-OH is 1. The van der Waals surface area contributed by atoms with Gasteiger partial charge in [0.1, 0.15) is 0 Å². The highest BCUT2D eigenvalue weighted by Gasteiger charge is 2.84. The van der Waals surface area contributed by atoms with Crippen molar-refractivity contribution in [2.45, 2.75) is 137 Å². The molecule has 1 aliphatic heterocycles. The molecule has 6 saturated carbocycles. The summed E-state index contributed by atoms with van der Waals surface area (Å²) in [6.07, 6.45) is 14.1. The van der Waals surface area contributed by atoms with Crippen LogP contribution >= 0.6 is 0 Å². The topological polar surface area (TPSA) is 85.3 Å². The van der Waals surface area contributed by atoms with E-state index in [4.69, 9.17) is 14.2 Å². The second kappa shape index (κ2) is 11.2. The van der Waals surface area contributed by atoms with Crippen LogP contribution in [0.2, 0.25) is 0 Å². The molecule has 7 aliphatic rings. The van der Waals surface area contributed by atoms with Crippen LogP contribution in [0, 0.1) is 57.2 Å². The minimum Gasteiger partial charge on any atom is -0.466 e. The number of esters is 1. The van der Waals surface area contributed by atoms with Crippen molar-refractivity contribution >= 4 is 11.9 Å². The van der Waals surface area contributed by atoms with Crippen LogP contribution in [0.5, 0.6) is 0 Å². The molecule has 0 aromatic heterocycles. The molecule has 6 aliphatic carbocycles. The first kappa shape index (κ1) is 31.4. The molecule has 11 atom stereocenters. The minimum absolute atomic E-state index is 0.0606. The van der Waals surface area contributed by atoms with Gasteiger partial charge in [-0.3, -0.25) is 9.59 Å². The third kappa shape index (κ3) is 4.74. The Labute approximate surface area is 265 Å². The van der Waals surface area contributed by atoms with E-state index in [1.165, 1.54) is 51.9 Å². The number of carbonyl (C=O) groups excluding carboxylic acids is 2. The summed E-state index contributed by atoms with van der Waals surface area (Å²) in [5, 5.41) is 11.4. The minimum atomic E-state index is -0.312. The highest BCUT2D eigenvalue weighted by atomic mass is 16.7. The maximum Gasteiger partial charge on any atom is 0.302 e. The monoisotopic (exact) mass is 613 g/mol. The number of nitrogens with zero attached hydrogens (tertiary/aromatic N) is 1. The molecular weight excluding hydrogens is 554 g/mol. The van der Waals surface area contributed by atoms with Crippen LogP contribution in [0.3, 0.4) is 0 Å². The molecule has 1 saturated heterocycles. The van der Waals surface area contributed by atoms with Crippen molar-refractivity contribution in [1.29, 1.82) is 0 Å². The van der Waals surface area contributed by atoms with Gasteiger partial charge in [-0.2, -0.15) is 0 Å². The van der Waals surface area contributed by atoms with E-state index in [1.807, 2.05) is 4.90 Å². The van der Waals surface area contributed by atoms with E-state index in [0.717, 1.165) is 38.0 Å². The standard InChI is InChI=1S/C37H59NO6/c1-23-36-16-15-35(5)27(8-6-7-18-42-24(2)39)29(40)21-28(35)26(36)11-12-30-34(3,4)31(13-14-37(23,30)36)44-33-22-38(17-19-43-33)32(41)20-25-9-10-25/h23,25-31,33,40H,6-22H2,1-5H3/t23-,26-,27-,28?,29+,30?,31-,33?,35+,36-,37?/m0/s1. The summed E-state index contributed by atoms with van der Waals surface area (Å²) in [5.74, 6) is 3.75. The second-order valence-electron chi connectivity index (χ2n) is 17.2. The van der Waals surface area contributed by atoms with Crippen LogP contribution in [-0.4, -0.2) is 66.7 Å². The Kier molecular flexibility index (Phi) is 8.01. The fourth-order valence-electron chi connectivity index (χ4n) is 13.0. The van der Waals surface area contributed by atoms with Crippen molar-refractivity contribution < 1.29 is 28.9 Å². The van der Waals surface area contributed by atoms with Crippen LogP contribution in [0.15, 0.2) is 0 Å². The smallest absolute Gasteiger partial charge is 0.302 e. The maximum absolute atomic E-state index is 12.8. The zero-order valence-electron chi connectivity index (χ0n) is 28.2. The summed E-state index contributed by atoms with van der Waals surface area (Å²) in [7, 11) is 0. The van der Waals surface area contributed by atoms with E-state index in [-0.39, 0.29) is 41.2 Å². The van der Waals surface area contributed by atoms with Gasteiger partial charge in [0.15, 0.2) is 6.29 Å². The van der Waals surface area contributed by atoms with E-state index < -0.39 is 0 Å². The SMILES string of the molecule is CC(=O)OCCCC[C@H]1[C@H](O)CC2[C@@H]3CCC4C(C)(C)[C@@H](OC5CN(C(=O)CC6CC6)CCO5)CCC45[C@@H](C)[C@@]35CC[C@@]21C.